The fourth-order valence-electron chi connectivity index (χ4n) is 1.84. The molecule has 0 saturated carbocycles. The van der Waals surface area contributed by atoms with Crippen LogP contribution in [-0.2, 0) is 4.79 Å². The molecule has 1 unspecified atom stereocenters. The summed E-state index contributed by atoms with van der Waals surface area (Å²) < 4.78 is 5.33. The number of aromatic nitrogens is 2. The number of hydrogen-bond acceptors (Lipinski definition) is 6. The van der Waals surface area contributed by atoms with Crippen molar-refractivity contribution in [3.63, 3.8) is 0 Å². The normalized spacial score (nSPS) is 19.6. The average molecular weight is 251 g/mol. The van der Waals surface area contributed by atoms with E-state index in [1.165, 1.54) is 0 Å². The fraction of sp³-hybridized carbons (Fsp3) is 0.545. The predicted octanol–water partition coefficient (Wildman–Crippen LogP) is -0.861. The van der Waals surface area contributed by atoms with Crippen LogP contribution >= 0.6 is 0 Å². The Morgan fingerprint density at radius 1 is 1.72 bits per heavy atom. The molecule has 1 aromatic heterocycles. The summed E-state index contributed by atoms with van der Waals surface area (Å²) in [4.78, 5) is 21.6. The maximum Gasteiger partial charge on any atom is 0.236 e. The van der Waals surface area contributed by atoms with Crippen LogP contribution < -0.4 is 20.7 Å². The van der Waals surface area contributed by atoms with E-state index in [1.807, 2.05) is 11.8 Å². The van der Waals surface area contributed by atoms with E-state index in [-0.39, 0.29) is 11.9 Å². The first-order valence-corrected chi connectivity index (χ1v) is 5.94. The highest BCUT2D eigenvalue weighted by Gasteiger charge is 2.24. The maximum atomic E-state index is 11.2. The Morgan fingerprint density at radius 2 is 2.56 bits per heavy atom. The van der Waals surface area contributed by atoms with E-state index in [0.717, 1.165) is 6.54 Å². The molecule has 3 N–H and O–H groups in total. The van der Waals surface area contributed by atoms with E-state index >= 15 is 0 Å². The number of rotatable bonds is 4. The van der Waals surface area contributed by atoms with Gasteiger partial charge in [-0.05, 0) is 6.92 Å². The molecule has 1 aromatic rings. The standard InChI is InChI=1S/C11H17N5O2/c1-2-18-9-3-4-14-11(15-9)16-6-5-13-8(7-16)10(12)17/h3-4,8,13H,2,5-7H2,1H3,(H2,12,17). The summed E-state index contributed by atoms with van der Waals surface area (Å²) in [5.41, 5.74) is 5.29. The lowest BCUT2D eigenvalue weighted by Gasteiger charge is -2.32. The van der Waals surface area contributed by atoms with E-state index in [9.17, 15) is 4.79 Å². The molecule has 98 valence electrons. The first-order chi connectivity index (χ1) is 8.70. The van der Waals surface area contributed by atoms with Crippen LogP contribution in [0.2, 0.25) is 0 Å². The molecule has 0 aliphatic carbocycles. The van der Waals surface area contributed by atoms with Gasteiger partial charge in [0.15, 0.2) is 0 Å². The van der Waals surface area contributed by atoms with Crippen molar-refractivity contribution < 1.29 is 9.53 Å². The van der Waals surface area contributed by atoms with E-state index in [1.54, 1.807) is 12.3 Å². The number of primary amides is 1. The Morgan fingerprint density at radius 3 is 3.28 bits per heavy atom. The summed E-state index contributed by atoms with van der Waals surface area (Å²) in [6.07, 6.45) is 1.65. The van der Waals surface area contributed by atoms with Gasteiger partial charge in [-0.25, -0.2) is 4.98 Å². The van der Waals surface area contributed by atoms with Crippen molar-refractivity contribution in [2.24, 2.45) is 5.73 Å². The van der Waals surface area contributed by atoms with Crippen molar-refractivity contribution in [3.8, 4) is 5.88 Å². The molecule has 2 rings (SSSR count). The molecule has 0 bridgehead atoms. The van der Waals surface area contributed by atoms with Crippen molar-refractivity contribution >= 4 is 11.9 Å². The predicted molar refractivity (Wildman–Crippen MR) is 66.4 cm³/mol. The Labute approximate surface area is 105 Å². The second-order valence-corrected chi connectivity index (χ2v) is 3.98. The Bertz CT molecular complexity index is 426. The second kappa shape index (κ2) is 5.63. The summed E-state index contributed by atoms with van der Waals surface area (Å²) in [7, 11) is 0. The van der Waals surface area contributed by atoms with Crippen LogP contribution in [0.3, 0.4) is 0 Å². The number of nitrogens with one attached hydrogen (secondary N) is 1. The number of carbonyl (C=O) groups excluding carboxylic acids is 1. The van der Waals surface area contributed by atoms with Crippen molar-refractivity contribution in [1.29, 1.82) is 0 Å². The van der Waals surface area contributed by atoms with E-state index in [0.29, 0.717) is 31.5 Å². The largest absolute Gasteiger partial charge is 0.478 e. The molecule has 1 atom stereocenters. The van der Waals surface area contributed by atoms with Crippen LogP contribution in [0.5, 0.6) is 5.88 Å². The third kappa shape index (κ3) is 2.86. The van der Waals surface area contributed by atoms with Gasteiger partial charge in [0.05, 0.1) is 6.61 Å². The van der Waals surface area contributed by atoms with Crippen LogP contribution in [0.25, 0.3) is 0 Å². The summed E-state index contributed by atoms with van der Waals surface area (Å²) in [6.45, 7) is 4.34. The minimum absolute atomic E-state index is 0.360. The van der Waals surface area contributed by atoms with Crippen LogP contribution in [0.1, 0.15) is 6.92 Å². The topological polar surface area (TPSA) is 93.4 Å². The van der Waals surface area contributed by atoms with E-state index in [4.69, 9.17) is 10.5 Å². The highest BCUT2D eigenvalue weighted by Crippen LogP contribution is 2.14. The zero-order chi connectivity index (χ0) is 13.0. The lowest BCUT2D eigenvalue weighted by atomic mass is 10.2. The van der Waals surface area contributed by atoms with Gasteiger partial charge in [0.1, 0.15) is 6.04 Å². The molecule has 0 aromatic carbocycles. The second-order valence-electron chi connectivity index (χ2n) is 3.98. The number of piperazine rings is 1. The van der Waals surface area contributed by atoms with Crippen LogP contribution in [-0.4, -0.2) is 48.2 Å². The molecule has 7 nitrogen and oxygen atoms in total. The first kappa shape index (κ1) is 12.6. The van der Waals surface area contributed by atoms with Gasteiger partial charge in [-0.15, -0.1) is 0 Å². The minimum Gasteiger partial charge on any atom is -0.478 e. The lowest BCUT2D eigenvalue weighted by molar-refractivity contribution is -0.120. The lowest BCUT2D eigenvalue weighted by Crippen LogP contribution is -2.56. The maximum absolute atomic E-state index is 11.2. The molecule has 7 heteroatoms. The molecular weight excluding hydrogens is 234 g/mol. The number of hydrogen-bond donors (Lipinski definition) is 2. The van der Waals surface area contributed by atoms with Crippen LogP contribution in [0.15, 0.2) is 12.3 Å². The molecule has 0 spiro atoms. The van der Waals surface area contributed by atoms with Gasteiger partial charge in [0.2, 0.25) is 17.7 Å². The summed E-state index contributed by atoms with van der Waals surface area (Å²) >= 11 is 0. The van der Waals surface area contributed by atoms with Crippen LogP contribution in [0.4, 0.5) is 5.95 Å². The molecule has 1 aliphatic heterocycles. The molecule has 1 fully saturated rings. The van der Waals surface area contributed by atoms with Gasteiger partial charge in [0.25, 0.3) is 0 Å². The van der Waals surface area contributed by atoms with Crippen molar-refractivity contribution in [1.82, 2.24) is 15.3 Å². The SMILES string of the molecule is CCOc1ccnc(N2CCNC(C(N)=O)C2)n1. The zero-order valence-electron chi connectivity index (χ0n) is 10.3. The van der Waals surface area contributed by atoms with Gasteiger partial charge in [-0.1, -0.05) is 0 Å². The smallest absolute Gasteiger partial charge is 0.236 e. The third-order valence-electron chi connectivity index (χ3n) is 2.71. The molecular formula is C11H17N5O2. The number of anilines is 1. The first-order valence-electron chi connectivity index (χ1n) is 5.94. The number of nitrogens with two attached hydrogens (primary N) is 1. The fourth-order valence-corrected chi connectivity index (χ4v) is 1.84. The van der Waals surface area contributed by atoms with Gasteiger partial charge in [-0.2, -0.15) is 4.98 Å². The van der Waals surface area contributed by atoms with Crippen molar-refractivity contribution in [2.45, 2.75) is 13.0 Å². The number of nitrogens with zero attached hydrogens (tertiary/aromatic N) is 3. The Kier molecular flexibility index (Phi) is 3.93. The minimum atomic E-state index is -0.363. The van der Waals surface area contributed by atoms with Gasteiger partial charge in [-0.3, -0.25) is 4.79 Å². The molecule has 1 saturated heterocycles. The summed E-state index contributed by atoms with van der Waals surface area (Å²) in [6, 6.07) is 1.35. The average Bonchev–Trinajstić information content (AvgIpc) is 2.39. The molecule has 0 radical (unpaired) electrons. The van der Waals surface area contributed by atoms with Crippen molar-refractivity contribution in [3.05, 3.63) is 12.3 Å². The van der Waals surface area contributed by atoms with Crippen molar-refractivity contribution in [2.75, 3.05) is 31.1 Å². The monoisotopic (exact) mass is 251 g/mol. The summed E-state index contributed by atoms with van der Waals surface area (Å²) in [5.74, 6) is 0.742. The van der Waals surface area contributed by atoms with Crippen LogP contribution in [0, 0.1) is 0 Å². The third-order valence-corrected chi connectivity index (χ3v) is 2.71. The molecule has 1 amide bonds. The number of carbonyl (C=O) groups is 1. The molecule has 1 aliphatic rings. The van der Waals surface area contributed by atoms with E-state index < -0.39 is 0 Å². The quantitative estimate of drug-likeness (QED) is 0.723. The highest BCUT2D eigenvalue weighted by molar-refractivity contribution is 5.80. The molecule has 2 heterocycles. The summed E-state index contributed by atoms with van der Waals surface area (Å²) in [5, 5.41) is 3.06. The zero-order valence-corrected chi connectivity index (χ0v) is 10.3. The number of amides is 1. The van der Waals surface area contributed by atoms with E-state index in [2.05, 4.69) is 15.3 Å². The Hall–Kier alpha value is -1.89. The van der Waals surface area contributed by atoms with Gasteiger partial charge >= 0.3 is 0 Å². The number of ether oxygens (including phenoxy) is 1. The Balaban J connectivity index is 2.10. The highest BCUT2D eigenvalue weighted by atomic mass is 16.5. The van der Waals surface area contributed by atoms with Gasteiger partial charge < -0.3 is 20.7 Å². The van der Waals surface area contributed by atoms with Gasteiger partial charge in [0, 0.05) is 31.9 Å². The molecule has 18 heavy (non-hydrogen) atoms.